The number of rotatable bonds is 7. The third kappa shape index (κ3) is 6.67. The van der Waals surface area contributed by atoms with Gasteiger partial charge < -0.3 is 4.74 Å². The molecule has 0 amide bonds. The van der Waals surface area contributed by atoms with Crippen LogP contribution < -0.4 is 0 Å². The van der Waals surface area contributed by atoms with Crippen molar-refractivity contribution >= 4 is 5.83 Å². The molecule has 0 N–H and O–H groups in total. The van der Waals surface area contributed by atoms with Crippen molar-refractivity contribution in [3.8, 4) is 11.1 Å². The van der Waals surface area contributed by atoms with Crippen LogP contribution in [-0.4, -0.2) is 6.61 Å². The average Bonchev–Trinajstić information content (AvgIpc) is 3.02. The SMILES string of the molecule is CCC=CC(F)=C(F)c1ccc(C2CCC(C3CCC(c4ccc(-c5cc(F)c(F)c(F)c5)c(F)c4)OC3)CC2)cc1. The molecule has 1 saturated heterocycles. The molecule has 0 spiro atoms. The van der Waals surface area contributed by atoms with Crippen molar-refractivity contribution in [1.82, 2.24) is 0 Å². The number of ether oxygens (including phenoxy) is 1. The van der Waals surface area contributed by atoms with Gasteiger partial charge in [-0.1, -0.05) is 49.4 Å². The minimum atomic E-state index is -1.58. The first-order chi connectivity index (χ1) is 20.2. The molecule has 1 saturated carbocycles. The molecule has 0 bridgehead atoms. The zero-order valence-electron chi connectivity index (χ0n) is 23.5. The van der Waals surface area contributed by atoms with Crippen LogP contribution in [0.4, 0.5) is 26.3 Å². The van der Waals surface area contributed by atoms with Crippen LogP contribution in [-0.2, 0) is 4.74 Å². The van der Waals surface area contributed by atoms with E-state index in [2.05, 4.69) is 0 Å². The largest absolute Gasteiger partial charge is 0.373 e. The molecule has 3 aromatic rings. The van der Waals surface area contributed by atoms with E-state index in [1.165, 1.54) is 12.1 Å². The summed E-state index contributed by atoms with van der Waals surface area (Å²) in [6, 6.07) is 13.1. The molecule has 0 radical (unpaired) electrons. The Kier molecular flexibility index (Phi) is 9.57. The third-order valence-electron chi connectivity index (χ3n) is 8.75. The van der Waals surface area contributed by atoms with Gasteiger partial charge in [-0.25, -0.2) is 26.3 Å². The van der Waals surface area contributed by atoms with Gasteiger partial charge in [-0.05, 0) is 104 Å². The topological polar surface area (TPSA) is 9.23 Å². The molecule has 3 aromatic carbocycles. The lowest BCUT2D eigenvalue weighted by Gasteiger charge is -2.38. The molecule has 1 aliphatic carbocycles. The van der Waals surface area contributed by atoms with Crippen LogP contribution in [0.3, 0.4) is 0 Å². The third-order valence-corrected chi connectivity index (χ3v) is 8.75. The van der Waals surface area contributed by atoms with E-state index in [0.29, 0.717) is 36.3 Å². The van der Waals surface area contributed by atoms with E-state index in [-0.39, 0.29) is 22.8 Å². The summed E-state index contributed by atoms with van der Waals surface area (Å²) in [5.41, 5.74) is 1.98. The van der Waals surface area contributed by atoms with Crippen LogP contribution in [0.15, 0.2) is 72.6 Å². The fourth-order valence-corrected chi connectivity index (χ4v) is 6.34. The fraction of sp³-hybridized carbons (Fsp3) is 0.371. The van der Waals surface area contributed by atoms with Crippen molar-refractivity contribution < 1.29 is 31.1 Å². The lowest BCUT2D eigenvalue weighted by Crippen LogP contribution is -2.29. The Morgan fingerprint density at radius 2 is 1.40 bits per heavy atom. The Morgan fingerprint density at radius 3 is 2.00 bits per heavy atom. The number of hydrogen-bond acceptors (Lipinski definition) is 1. The summed E-state index contributed by atoms with van der Waals surface area (Å²) in [5.74, 6) is -5.33. The van der Waals surface area contributed by atoms with Gasteiger partial charge in [0.25, 0.3) is 0 Å². The van der Waals surface area contributed by atoms with Crippen molar-refractivity contribution in [2.24, 2.45) is 11.8 Å². The molecule has 5 rings (SSSR count). The Labute approximate surface area is 242 Å². The second-order valence-electron chi connectivity index (χ2n) is 11.4. The van der Waals surface area contributed by atoms with Gasteiger partial charge in [0.2, 0.25) is 0 Å². The molecule has 2 aliphatic rings. The lowest BCUT2D eigenvalue weighted by atomic mass is 9.72. The van der Waals surface area contributed by atoms with E-state index in [4.69, 9.17) is 4.74 Å². The first kappa shape index (κ1) is 30.1. The van der Waals surface area contributed by atoms with E-state index in [9.17, 15) is 26.3 Å². The summed E-state index contributed by atoms with van der Waals surface area (Å²) < 4.78 is 90.0. The number of halogens is 6. The van der Waals surface area contributed by atoms with Crippen molar-refractivity contribution in [2.45, 2.75) is 63.9 Å². The highest BCUT2D eigenvalue weighted by Gasteiger charge is 2.32. The smallest absolute Gasteiger partial charge is 0.194 e. The van der Waals surface area contributed by atoms with E-state index < -0.39 is 34.9 Å². The highest BCUT2D eigenvalue weighted by Crippen LogP contribution is 2.43. The lowest BCUT2D eigenvalue weighted by molar-refractivity contribution is -0.0391. The van der Waals surface area contributed by atoms with Crippen molar-refractivity contribution in [3.63, 3.8) is 0 Å². The zero-order valence-corrected chi connectivity index (χ0v) is 23.5. The Hall–Kier alpha value is -3.32. The molecule has 2 unspecified atom stereocenters. The molecule has 222 valence electrons. The molecule has 42 heavy (non-hydrogen) atoms. The van der Waals surface area contributed by atoms with Gasteiger partial charge >= 0.3 is 0 Å². The normalized spacial score (nSPS) is 23.7. The summed E-state index contributed by atoms with van der Waals surface area (Å²) in [5, 5.41) is 0. The quantitative estimate of drug-likeness (QED) is 0.153. The fourth-order valence-electron chi connectivity index (χ4n) is 6.34. The Bertz CT molecular complexity index is 1420. The number of hydrogen-bond donors (Lipinski definition) is 0. The molecule has 1 aliphatic heterocycles. The van der Waals surface area contributed by atoms with Gasteiger partial charge in [-0.3, -0.25) is 0 Å². The predicted molar refractivity (Wildman–Crippen MR) is 153 cm³/mol. The molecule has 0 aromatic heterocycles. The van der Waals surface area contributed by atoms with Gasteiger partial charge in [0.05, 0.1) is 12.7 Å². The van der Waals surface area contributed by atoms with Crippen molar-refractivity contribution in [2.75, 3.05) is 6.61 Å². The Morgan fingerprint density at radius 1 is 0.762 bits per heavy atom. The monoisotopic (exact) mass is 584 g/mol. The van der Waals surface area contributed by atoms with Crippen molar-refractivity contribution in [1.29, 1.82) is 0 Å². The maximum atomic E-state index is 14.9. The highest BCUT2D eigenvalue weighted by atomic mass is 19.2. The standard InChI is InChI=1S/C35H34F6O/c1-2-3-4-29(36)34(40)24-11-9-22(10-12-24)21-5-7-23(8-6-21)26-14-16-33(42-20-26)25-13-15-28(30(37)17-25)27-18-31(38)35(41)32(39)19-27/h3-4,9-13,15,17-19,21,23,26,33H,2,5-8,14,16,20H2,1H3. The summed E-state index contributed by atoms with van der Waals surface area (Å²) in [6.07, 6.45) is 8.98. The van der Waals surface area contributed by atoms with Gasteiger partial charge in [0, 0.05) is 11.1 Å². The van der Waals surface area contributed by atoms with E-state index in [1.54, 1.807) is 24.3 Å². The van der Waals surface area contributed by atoms with Crippen LogP contribution >= 0.6 is 0 Å². The maximum absolute atomic E-state index is 14.9. The average molecular weight is 585 g/mol. The molecule has 1 heterocycles. The first-order valence-electron chi connectivity index (χ1n) is 14.6. The van der Waals surface area contributed by atoms with Crippen LogP contribution in [0.5, 0.6) is 0 Å². The van der Waals surface area contributed by atoms with Crippen LogP contribution in [0.2, 0.25) is 0 Å². The van der Waals surface area contributed by atoms with Crippen LogP contribution in [0.25, 0.3) is 17.0 Å². The van der Waals surface area contributed by atoms with E-state index in [1.807, 2.05) is 19.1 Å². The second kappa shape index (κ2) is 13.3. The van der Waals surface area contributed by atoms with Crippen LogP contribution in [0.1, 0.15) is 80.6 Å². The van der Waals surface area contributed by atoms with Gasteiger partial charge in [-0.15, -0.1) is 0 Å². The Balaban J connectivity index is 1.14. The van der Waals surface area contributed by atoms with Gasteiger partial charge in [0.15, 0.2) is 29.1 Å². The molecule has 2 fully saturated rings. The predicted octanol–water partition coefficient (Wildman–Crippen LogP) is 10.9. The van der Waals surface area contributed by atoms with E-state index in [0.717, 1.165) is 62.3 Å². The minimum absolute atomic E-state index is 0.00507. The van der Waals surface area contributed by atoms with Gasteiger partial charge in [-0.2, -0.15) is 0 Å². The summed E-state index contributed by atoms with van der Waals surface area (Å²) in [4.78, 5) is 0. The van der Waals surface area contributed by atoms with Crippen molar-refractivity contribution in [3.05, 3.63) is 113 Å². The number of benzene rings is 3. The molecular weight excluding hydrogens is 550 g/mol. The maximum Gasteiger partial charge on any atom is 0.194 e. The highest BCUT2D eigenvalue weighted by molar-refractivity contribution is 5.65. The first-order valence-corrected chi connectivity index (χ1v) is 14.6. The molecule has 1 nitrogen and oxygen atoms in total. The molecular formula is C35H34F6O. The number of allylic oxidation sites excluding steroid dienone is 3. The van der Waals surface area contributed by atoms with Gasteiger partial charge in [0.1, 0.15) is 5.82 Å². The summed E-state index contributed by atoms with van der Waals surface area (Å²) in [6.45, 7) is 2.44. The van der Waals surface area contributed by atoms with Crippen LogP contribution in [0, 0.1) is 35.1 Å². The molecule has 7 heteroatoms. The molecule has 2 atom stereocenters. The summed E-state index contributed by atoms with van der Waals surface area (Å²) in [7, 11) is 0. The minimum Gasteiger partial charge on any atom is -0.373 e. The van der Waals surface area contributed by atoms with E-state index >= 15 is 0 Å². The second-order valence-corrected chi connectivity index (χ2v) is 11.4. The zero-order chi connectivity index (χ0) is 29.8. The summed E-state index contributed by atoms with van der Waals surface area (Å²) >= 11 is 0.